The summed E-state index contributed by atoms with van der Waals surface area (Å²) >= 11 is 0. The molecular formula is C14H27N5O2. The minimum absolute atomic E-state index is 0.128. The quantitative estimate of drug-likeness (QED) is 0.440. The number of carbonyl (C=O) groups is 1. The maximum atomic E-state index is 11.3. The number of rotatable bonds is 6. The van der Waals surface area contributed by atoms with Gasteiger partial charge in [-0.1, -0.05) is 6.42 Å². The van der Waals surface area contributed by atoms with E-state index in [-0.39, 0.29) is 13.2 Å². The third kappa shape index (κ3) is 16.1. The van der Waals surface area contributed by atoms with Gasteiger partial charge in [-0.3, -0.25) is 4.85 Å². The molecule has 0 fully saturated rings. The van der Waals surface area contributed by atoms with Crippen molar-refractivity contribution in [3.05, 3.63) is 11.4 Å². The van der Waals surface area contributed by atoms with Crippen molar-refractivity contribution >= 4 is 6.09 Å². The van der Waals surface area contributed by atoms with Crippen LogP contribution in [0.2, 0.25) is 0 Å². The highest BCUT2D eigenvalue weighted by Crippen LogP contribution is 2.09. The summed E-state index contributed by atoms with van der Waals surface area (Å²) in [5.41, 5.74) is 9.85. The van der Waals surface area contributed by atoms with E-state index >= 15 is 0 Å². The molecule has 0 aliphatic rings. The largest absolute Gasteiger partial charge is 0.444 e. The Hall–Kier alpha value is -1.83. The number of hydrogen-bond donors (Lipinski definition) is 2. The van der Waals surface area contributed by atoms with Gasteiger partial charge in [-0.25, -0.2) is 16.3 Å². The van der Waals surface area contributed by atoms with Crippen molar-refractivity contribution in [2.45, 2.75) is 45.6 Å². The van der Waals surface area contributed by atoms with E-state index in [1.165, 1.54) is 6.42 Å². The van der Waals surface area contributed by atoms with E-state index in [9.17, 15) is 4.79 Å². The Morgan fingerprint density at radius 3 is 2.14 bits per heavy atom. The van der Waals surface area contributed by atoms with Crippen LogP contribution in [0.15, 0.2) is 0 Å². The summed E-state index contributed by atoms with van der Waals surface area (Å²) in [6.07, 6.45) is 2.80. The van der Waals surface area contributed by atoms with Gasteiger partial charge in [0.2, 0.25) is 0 Å². The minimum Gasteiger partial charge on any atom is -0.444 e. The molecule has 0 aliphatic carbocycles. The summed E-state index contributed by atoms with van der Waals surface area (Å²) in [7, 11) is 0. The van der Waals surface area contributed by atoms with Crippen LogP contribution in [-0.2, 0) is 4.74 Å². The van der Waals surface area contributed by atoms with E-state index in [1.807, 2.05) is 0 Å². The van der Waals surface area contributed by atoms with Crippen LogP contribution in [-0.4, -0.2) is 42.9 Å². The predicted molar refractivity (Wildman–Crippen MR) is 82.0 cm³/mol. The molecule has 0 atom stereocenters. The third-order valence-electron chi connectivity index (χ3n) is 2.06. The van der Waals surface area contributed by atoms with Crippen LogP contribution < -0.4 is 11.5 Å². The van der Waals surface area contributed by atoms with Crippen molar-refractivity contribution in [3.63, 3.8) is 0 Å². The van der Waals surface area contributed by atoms with Gasteiger partial charge in [-0.05, 0) is 46.7 Å². The molecule has 0 aromatic rings. The van der Waals surface area contributed by atoms with Crippen molar-refractivity contribution in [3.8, 4) is 6.07 Å². The first-order valence-electron chi connectivity index (χ1n) is 6.90. The fraction of sp³-hybridized carbons (Fsp3) is 0.786. The van der Waals surface area contributed by atoms with Crippen molar-refractivity contribution in [2.24, 2.45) is 11.5 Å². The Morgan fingerprint density at radius 1 is 1.29 bits per heavy atom. The lowest BCUT2D eigenvalue weighted by molar-refractivity contribution is 0.0294. The number of unbranched alkanes of at least 4 members (excludes halogenated alkanes) is 2. The standard InChI is InChI=1S/C9H13N3O2.C5H14N2/c1-9(2,3)14-8(13)12(6-5-10)7-11-4;6-4-2-1-3-5-7/h6-7H2,1-3H3;1-7H2. The highest BCUT2D eigenvalue weighted by atomic mass is 16.6. The third-order valence-corrected chi connectivity index (χ3v) is 2.06. The predicted octanol–water partition coefficient (Wildman–Crippen LogP) is 1.70. The summed E-state index contributed by atoms with van der Waals surface area (Å²) in [6, 6.07) is 1.80. The fourth-order valence-electron chi connectivity index (χ4n) is 1.13. The number of nitrogens with two attached hydrogens (primary N) is 2. The molecule has 0 heterocycles. The SMILES string of the molecule is NCCCCCN.[C-]#[N+]CN(CC#N)C(=O)OC(C)(C)C. The average Bonchev–Trinajstić information content (AvgIpc) is 2.38. The second-order valence-corrected chi connectivity index (χ2v) is 5.27. The minimum atomic E-state index is -0.630. The summed E-state index contributed by atoms with van der Waals surface area (Å²) in [5.74, 6) is 0. The monoisotopic (exact) mass is 297 g/mol. The molecule has 21 heavy (non-hydrogen) atoms. The van der Waals surface area contributed by atoms with E-state index in [2.05, 4.69) is 4.85 Å². The Morgan fingerprint density at radius 2 is 1.81 bits per heavy atom. The zero-order valence-electron chi connectivity index (χ0n) is 13.3. The number of amides is 1. The Bertz CT molecular complexity index is 332. The molecule has 0 aliphatic heterocycles. The van der Waals surface area contributed by atoms with Crippen LogP contribution in [0.5, 0.6) is 0 Å². The number of nitriles is 1. The molecule has 4 N–H and O–H groups in total. The van der Waals surface area contributed by atoms with Gasteiger partial charge < -0.3 is 16.2 Å². The fourth-order valence-corrected chi connectivity index (χ4v) is 1.13. The number of hydrogen-bond acceptors (Lipinski definition) is 5. The molecule has 7 nitrogen and oxygen atoms in total. The van der Waals surface area contributed by atoms with Crippen LogP contribution in [0.25, 0.3) is 4.85 Å². The van der Waals surface area contributed by atoms with Crippen LogP contribution in [0.4, 0.5) is 4.79 Å². The first-order valence-corrected chi connectivity index (χ1v) is 6.90. The molecule has 0 unspecified atom stereocenters. The summed E-state index contributed by atoms with van der Waals surface area (Å²) < 4.78 is 5.00. The summed E-state index contributed by atoms with van der Waals surface area (Å²) in [4.78, 5) is 15.4. The molecule has 1 amide bonds. The Labute approximate surface area is 127 Å². The smallest absolute Gasteiger partial charge is 0.416 e. The Balaban J connectivity index is 0. The molecule has 0 aromatic carbocycles. The van der Waals surface area contributed by atoms with E-state index < -0.39 is 11.7 Å². The highest BCUT2D eigenvalue weighted by Gasteiger charge is 2.23. The van der Waals surface area contributed by atoms with E-state index in [0.29, 0.717) is 0 Å². The lowest BCUT2D eigenvalue weighted by Gasteiger charge is -2.22. The first kappa shape index (κ1) is 21.5. The Kier molecular flexibility index (Phi) is 13.5. The lowest BCUT2D eigenvalue weighted by Crippen LogP contribution is -2.36. The van der Waals surface area contributed by atoms with Gasteiger partial charge in [-0.15, -0.1) is 0 Å². The summed E-state index contributed by atoms with van der Waals surface area (Å²) in [6.45, 7) is 13.1. The van der Waals surface area contributed by atoms with Gasteiger partial charge in [-0.2, -0.15) is 5.26 Å². The molecule has 0 radical (unpaired) electrons. The van der Waals surface area contributed by atoms with Crippen molar-refractivity contribution in [1.82, 2.24) is 4.90 Å². The first-order chi connectivity index (χ1) is 9.82. The molecule has 7 heteroatoms. The topological polar surface area (TPSA) is 110 Å². The van der Waals surface area contributed by atoms with Crippen LogP contribution in [0.3, 0.4) is 0 Å². The van der Waals surface area contributed by atoms with Crippen molar-refractivity contribution < 1.29 is 9.53 Å². The number of nitrogens with zero attached hydrogens (tertiary/aromatic N) is 3. The average molecular weight is 297 g/mol. The second kappa shape index (κ2) is 13.2. The maximum absolute atomic E-state index is 11.3. The molecule has 0 bridgehead atoms. The van der Waals surface area contributed by atoms with Gasteiger partial charge in [0.15, 0.2) is 0 Å². The highest BCUT2D eigenvalue weighted by molar-refractivity contribution is 5.68. The lowest BCUT2D eigenvalue weighted by atomic mass is 10.2. The van der Waals surface area contributed by atoms with Gasteiger partial charge in [0.05, 0.1) is 6.07 Å². The van der Waals surface area contributed by atoms with Crippen LogP contribution >= 0.6 is 0 Å². The van der Waals surface area contributed by atoms with Crippen LogP contribution in [0.1, 0.15) is 40.0 Å². The normalized spacial score (nSPS) is 9.67. The molecule has 0 rings (SSSR count). The van der Waals surface area contributed by atoms with Crippen LogP contribution in [0, 0.1) is 17.9 Å². The van der Waals surface area contributed by atoms with Gasteiger partial charge >= 0.3 is 6.09 Å². The van der Waals surface area contributed by atoms with E-state index in [4.69, 9.17) is 28.0 Å². The van der Waals surface area contributed by atoms with E-state index in [1.54, 1.807) is 26.8 Å². The zero-order chi connectivity index (χ0) is 16.7. The number of ether oxygens (including phenoxy) is 1. The second-order valence-electron chi connectivity index (χ2n) is 5.27. The molecule has 0 saturated heterocycles. The van der Waals surface area contributed by atoms with Gasteiger partial charge in [0, 0.05) is 0 Å². The molecule has 0 aromatic heterocycles. The molecule has 0 spiro atoms. The van der Waals surface area contributed by atoms with E-state index in [0.717, 1.165) is 30.8 Å². The molecule has 0 saturated carbocycles. The molecule has 120 valence electrons. The maximum Gasteiger partial charge on any atom is 0.416 e. The zero-order valence-corrected chi connectivity index (χ0v) is 13.3. The van der Waals surface area contributed by atoms with Crippen molar-refractivity contribution in [1.29, 1.82) is 5.26 Å². The van der Waals surface area contributed by atoms with Crippen molar-refractivity contribution in [2.75, 3.05) is 26.3 Å². The molecular weight excluding hydrogens is 270 g/mol. The van der Waals surface area contributed by atoms with Gasteiger partial charge in [0.1, 0.15) is 12.1 Å². The summed E-state index contributed by atoms with van der Waals surface area (Å²) in [5, 5.41) is 8.41. The number of carbonyl (C=O) groups excluding carboxylic acids is 1. The van der Waals surface area contributed by atoms with Gasteiger partial charge in [0.25, 0.3) is 6.67 Å².